The van der Waals surface area contributed by atoms with E-state index in [1.165, 1.54) is 11.1 Å². The van der Waals surface area contributed by atoms with Crippen LogP contribution in [0.5, 0.6) is 5.75 Å². The van der Waals surface area contributed by atoms with Gasteiger partial charge in [-0.15, -0.1) is 0 Å². The minimum Gasteiger partial charge on any atom is -0.508 e. The molecule has 0 aromatic heterocycles. The summed E-state index contributed by atoms with van der Waals surface area (Å²) in [6, 6.07) is 14.2. The molecule has 3 N–H and O–H groups in total. The van der Waals surface area contributed by atoms with Crippen LogP contribution in [0, 0.1) is 0 Å². The van der Waals surface area contributed by atoms with Gasteiger partial charge in [0.15, 0.2) is 0 Å². The number of aromatic hydroxyl groups is 1. The summed E-state index contributed by atoms with van der Waals surface area (Å²) >= 11 is 0. The van der Waals surface area contributed by atoms with Crippen LogP contribution in [0.15, 0.2) is 42.5 Å². The third kappa shape index (κ3) is 2.63. The van der Waals surface area contributed by atoms with Crippen LogP contribution >= 0.6 is 0 Å². The van der Waals surface area contributed by atoms with Gasteiger partial charge in [0, 0.05) is 12.3 Å². The highest BCUT2D eigenvalue weighted by molar-refractivity contribution is 5.50. The second kappa shape index (κ2) is 5.55. The fourth-order valence-electron chi connectivity index (χ4n) is 2.85. The van der Waals surface area contributed by atoms with Gasteiger partial charge in [0.2, 0.25) is 0 Å². The first-order chi connectivity index (χ1) is 9.76. The third-order valence-corrected chi connectivity index (χ3v) is 3.90. The van der Waals surface area contributed by atoms with Crippen LogP contribution < -0.4 is 5.32 Å². The Kier molecular flexibility index (Phi) is 3.61. The molecule has 3 heteroatoms. The van der Waals surface area contributed by atoms with Crippen LogP contribution in [0.3, 0.4) is 0 Å². The minimum absolute atomic E-state index is 0.187. The van der Waals surface area contributed by atoms with Crippen LogP contribution in [-0.2, 0) is 12.8 Å². The number of aliphatic hydroxyl groups is 1. The molecule has 20 heavy (non-hydrogen) atoms. The topological polar surface area (TPSA) is 52.5 Å². The molecule has 1 unspecified atom stereocenters. The van der Waals surface area contributed by atoms with Gasteiger partial charge < -0.3 is 15.5 Å². The van der Waals surface area contributed by atoms with Crippen LogP contribution in [-0.4, -0.2) is 16.8 Å². The first kappa shape index (κ1) is 13.0. The number of hydrogen-bond donors (Lipinski definition) is 3. The van der Waals surface area contributed by atoms with Crippen molar-refractivity contribution in [1.82, 2.24) is 0 Å². The van der Waals surface area contributed by atoms with Gasteiger partial charge in [-0.3, -0.25) is 0 Å². The summed E-state index contributed by atoms with van der Waals surface area (Å²) in [6.07, 6.45) is 2.76. The van der Waals surface area contributed by atoms with E-state index in [0.717, 1.165) is 24.1 Å². The number of hydrogen-bond acceptors (Lipinski definition) is 3. The predicted octanol–water partition coefficient (Wildman–Crippen LogP) is 3.03. The lowest BCUT2D eigenvalue weighted by Crippen LogP contribution is -2.07. The highest BCUT2D eigenvalue weighted by atomic mass is 16.3. The Hall–Kier alpha value is -2.00. The zero-order valence-corrected chi connectivity index (χ0v) is 11.3. The van der Waals surface area contributed by atoms with Crippen molar-refractivity contribution in [3.63, 3.8) is 0 Å². The largest absolute Gasteiger partial charge is 0.508 e. The SMILES string of the molecule is OCCc1ccc(NC2CCc3cc(O)ccc32)cc1. The van der Waals surface area contributed by atoms with Crippen molar-refractivity contribution in [2.75, 3.05) is 11.9 Å². The Labute approximate surface area is 118 Å². The summed E-state index contributed by atoms with van der Waals surface area (Å²) in [5, 5.41) is 22.0. The summed E-state index contributed by atoms with van der Waals surface area (Å²) in [4.78, 5) is 0. The molecule has 1 atom stereocenters. The number of phenols is 1. The summed E-state index contributed by atoms with van der Waals surface area (Å²) in [6.45, 7) is 0.187. The minimum atomic E-state index is 0.187. The molecule has 1 aliphatic rings. The number of fused-ring (bicyclic) bond motifs is 1. The lowest BCUT2D eigenvalue weighted by atomic mass is 10.1. The molecule has 1 aliphatic carbocycles. The van der Waals surface area contributed by atoms with E-state index >= 15 is 0 Å². The van der Waals surface area contributed by atoms with Gasteiger partial charge in [0.05, 0.1) is 6.04 Å². The van der Waals surface area contributed by atoms with Crippen molar-refractivity contribution in [2.45, 2.75) is 25.3 Å². The maximum absolute atomic E-state index is 9.51. The van der Waals surface area contributed by atoms with Crippen LogP contribution in [0.4, 0.5) is 5.69 Å². The summed E-state index contributed by atoms with van der Waals surface area (Å²) in [7, 11) is 0. The molecule has 0 heterocycles. The van der Waals surface area contributed by atoms with E-state index in [0.29, 0.717) is 18.2 Å². The van der Waals surface area contributed by atoms with Crippen molar-refractivity contribution < 1.29 is 10.2 Å². The first-order valence-corrected chi connectivity index (χ1v) is 7.04. The number of benzene rings is 2. The van der Waals surface area contributed by atoms with E-state index in [9.17, 15) is 5.11 Å². The quantitative estimate of drug-likeness (QED) is 0.799. The molecule has 0 aliphatic heterocycles. The molecule has 0 bridgehead atoms. The van der Waals surface area contributed by atoms with Gasteiger partial charge in [-0.05, 0) is 60.2 Å². The van der Waals surface area contributed by atoms with Crippen molar-refractivity contribution in [1.29, 1.82) is 0 Å². The Balaban J connectivity index is 1.73. The average molecular weight is 269 g/mol. The van der Waals surface area contributed by atoms with Crippen LogP contribution in [0.2, 0.25) is 0 Å². The fraction of sp³-hybridized carbons (Fsp3) is 0.294. The Morgan fingerprint density at radius 1 is 1.10 bits per heavy atom. The van der Waals surface area contributed by atoms with E-state index in [1.54, 1.807) is 6.07 Å². The number of anilines is 1. The van der Waals surface area contributed by atoms with Gasteiger partial charge in [0.1, 0.15) is 5.75 Å². The smallest absolute Gasteiger partial charge is 0.115 e. The van der Waals surface area contributed by atoms with Crippen molar-refractivity contribution in [3.8, 4) is 5.75 Å². The molecule has 2 aromatic rings. The highest BCUT2D eigenvalue weighted by Gasteiger charge is 2.22. The van der Waals surface area contributed by atoms with E-state index in [1.807, 2.05) is 24.3 Å². The molecule has 0 saturated heterocycles. The maximum Gasteiger partial charge on any atom is 0.115 e. The normalized spacial score (nSPS) is 16.9. The summed E-state index contributed by atoms with van der Waals surface area (Å²) in [5.41, 5.74) is 4.76. The predicted molar refractivity (Wildman–Crippen MR) is 80.0 cm³/mol. The Morgan fingerprint density at radius 2 is 1.90 bits per heavy atom. The summed E-state index contributed by atoms with van der Waals surface area (Å²) in [5.74, 6) is 0.345. The second-order valence-corrected chi connectivity index (χ2v) is 5.29. The monoisotopic (exact) mass is 269 g/mol. The third-order valence-electron chi connectivity index (χ3n) is 3.90. The Bertz CT molecular complexity index is 592. The molecule has 104 valence electrons. The number of aryl methyl sites for hydroxylation is 1. The van der Waals surface area contributed by atoms with Crippen molar-refractivity contribution in [3.05, 3.63) is 59.2 Å². The van der Waals surface area contributed by atoms with Crippen LogP contribution in [0.1, 0.15) is 29.2 Å². The van der Waals surface area contributed by atoms with Gasteiger partial charge in [-0.25, -0.2) is 0 Å². The molecule has 3 nitrogen and oxygen atoms in total. The number of phenolic OH excluding ortho intramolecular Hbond substituents is 1. The number of aliphatic hydroxyl groups excluding tert-OH is 1. The van der Waals surface area contributed by atoms with Crippen molar-refractivity contribution >= 4 is 5.69 Å². The molecule has 0 fully saturated rings. The second-order valence-electron chi connectivity index (χ2n) is 5.29. The van der Waals surface area contributed by atoms with E-state index in [4.69, 9.17) is 5.11 Å². The number of nitrogens with one attached hydrogen (secondary N) is 1. The van der Waals surface area contributed by atoms with Gasteiger partial charge >= 0.3 is 0 Å². The first-order valence-electron chi connectivity index (χ1n) is 7.04. The summed E-state index contributed by atoms with van der Waals surface area (Å²) < 4.78 is 0. The van der Waals surface area contributed by atoms with E-state index in [2.05, 4.69) is 17.4 Å². The van der Waals surface area contributed by atoms with Crippen molar-refractivity contribution in [2.24, 2.45) is 0 Å². The lowest BCUT2D eigenvalue weighted by Gasteiger charge is -2.16. The van der Waals surface area contributed by atoms with Gasteiger partial charge in [0.25, 0.3) is 0 Å². The molecule has 0 amide bonds. The molecular weight excluding hydrogens is 250 g/mol. The Morgan fingerprint density at radius 3 is 2.65 bits per heavy atom. The van der Waals surface area contributed by atoms with Gasteiger partial charge in [-0.1, -0.05) is 18.2 Å². The average Bonchev–Trinajstić information content (AvgIpc) is 2.83. The molecule has 0 radical (unpaired) electrons. The highest BCUT2D eigenvalue weighted by Crippen LogP contribution is 2.35. The van der Waals surface area contributed by atoms with E-state index in [-0.39, 0.29) is 6.61 Å². The number of rotatable bonds is 4. The molecule has 2 aromatic carbocycles. The maximum atomic E-state index is 9.51. The zero-order valence-electron chi connectivity index (χ0n) is 11.3. The van der Waals surface area contributed by atoms with E-state index < -0.39 is 0 Å². The van der Waals surface area contributed by atoms with Crippen LogP contribution in [0.25, 0.3) is 0 Å². The molecular formula is C17H19NO2. The fourth-order valence-corrected chi connectivity index (χ4v) is 2.85. The lowest BCUT2D eigenvalue weighted by molar-refractivity contribution is 0.299. The molecule has 0 saturated carbocycles. The molecule has 0 spiro atoms. The standard InChI is InChI=1S/C17H19NO2/c19-10-9-12-1-4-14(5-2-12)18-17-8-3-13-11-15(20)6-7-16(13)17/h1-2,4-7,11,17-20H,3,8-10H2. The molecule has 3 rings (SSSR count). The van der Waals surface area contributed by atoms with Gasteiger partial charge in [-0.2, -0.15) is 0 Å². The zero-order chi connectivity index (χ0) is 13.9.